The molecule has 21 heavy (non-hydrogen) atoms. The van der Waals surface area contributed by atoms with Gasteiger partial charge in [-0.05, 0) is 52.6 Å². The Hall–Kier alpha value is -0.650. The molecule has 2 fully saturated rings. The minimum atomic E-state index is 0.0533. The van der Waals surface area contributed by atoms with Gasteiger partial charge in [0.05, 0.1) is 25.3 Å². The van der Waals surface area contributed by atoms with E-state index in [1.807, 2.05) is 13.8 Å². The van der Waals surface area contributed by atoms with E-state index in [9.17, 15) is 4.79 Å². The van der Waals surface area contributed by atoms with Crippen LogP contribution in [0.4, 0.5) is 0 Å². The summed E-state index contributed by atoms with van der Waals surface area (Å²) < 4.78 is 5.17. The van der Waals surface area contributed by atoms with Gasteiger partial charge in [-0.1, -0.05) is 6.92 Å². The standard InChI is InChI=1S/C16H31N3O2/c1-11(2)18-16(20)15-6-5-14(19(15)4)7-12(3)8-17-13-9-21-10-13/h11-15,17H,5-10H2,1-4H3,(H,18,20). The summed E-state index contributed by atoms with van der Waals surface area (Å²) >= 11 is 0. The van der Waals surface area contributed by atoms with Crippen LogP contribution in [0.25, 0.3) is 0 Å². The normalized spacial score (nSPS) is 28.6. The van der Waals surface area contributed by atoms with Gasteiger partial charge in [0, 0.05) is 12.1 Å². The first-order valence-electron chi connectivity index (χ1n) is 8.30. The number of likely N-dealkylation sites (N-methyl/N-ethyl adjacent to an activating group) is 1. The van der Waals surface area contributed by atoms with Crippen molar-refractivity contribution in [3.05, 3.63) is 0 Å². The molecule has 3 unspecified atom stereocenters. The Morgan fingerprint density at radius 3 is 2.57 bits per heavy atom. The summed E-state index contributed by atoms with van der Waals surface area (Å²) in [5, 5.41) is 6.58. The minimum Gasteiger partial charge on any atom is -0.378 e. The summed E-state index contributed by atoms with van der Waals surface area (Å²) in [5.41, 5.74) is 0. The van der Waals surface area contributed by atoms with Crippen molar-refractivity contribution in [2.45, 2.75) is 64.2 Å². The van der Waals surface area contributed by atoms with Crippen molar-refractivity contribution < 1.29 is 9.53 Å². The summed E-state index contributed by atoms with van der Waals surface area (Å²) in [6.45, 7) is 9.08. The van der Waals surface area contributed by atoms with Crippen molar-refractivity contribution >= 4 is 5.91 Å². The summed E-state index contributed by atoms with van der Waals surface area (Å²) in [6.07, 6.45) is 3.27. The zero-order valence-corrected chi connectivity index (χ0v) is 13.9. The molecule has 0 aromatic carbocycles. The number of ether oxygens (including phenoxy) is 1. The monoisotopic (exact) mass is 297 g/mol. The van der Waals surface area contributed by atoms with E-state index in [1.165, 1.54) is 0 Å². The maximum atomic E-state index is 12.2. The molecule has 2 aliphatic heterocycles. The second-order valence-electron chi connectivity index (χ2n) is 7.06. The zero-order valence-electron chi connectivity index (χ0n) is 13.9. The largest absolute Gasteiger partial charge is 0.378 e. The lowest BCUT2D eigenvalue weighted by atomic mass is 9.99. The van der Waals surface area contributed by atoms with E-state index in [-0.39, 0.29) is 18.0 Å². The van der Waals surface area contributed by atoms with Crippen LogP contribution in [0.3, 0.4) is 0 Å². The van der Waals surface area contributed by atoms with E-state index in [4.69, 9.17) is 4.74 Å². The van der Waals surface area contributed by atoms with Crippen LogP contribution in [0, 0.1) is 5.92 Å². The molecule has 0 spiro atoms. The van der Waals surface area contributed by atoms with Crippen LogP contribution in [-0.2, 0) is 9.53 Å². The molecule has 2 saturated heterocycles. The van der Waals surface area contributed by atoms with Crippen LogP contribution in [0.15, 0.2) is 0 Å². The molecule has 2 rings (SSSR count). The molecule has 5 nitrogen and oxygen atoms in total. The maximum absolute atomic E-state index is 12.2. The molecule has 0 saturated carbocycles. The third kappa shape index (κ3) is 4.66. The van der Waals surface area contributed by atoms with E-state index in [1.54, 1.807) is 0 Å². The lowest BCUT2D eigenvalue weighted by Gasteiger charge is -2.30. The number of nitrogens with zero attached hydrogens (tertiary/aromatic N) is 1. The van der Waals surface area contributed by atoms with Crippen molar-refractivity contribution in [3.63, 3.8) is 0 Å². The van der Waals surface area contributed by atoms with Gasteiger partial charge in [0.1, 0.15) is 0 Å². The van der Waals surface area contributed by atoms with Gasteiger partial charge in [0.15, 0.2) is 0 Å². The highest BCUT2D eigenvalue weighted by molar-refractivity contribution is 5.82. The molecule has 2 N–H and O–H groups in total. The van der Waals surface area contributed by atoms with Crippen molar-refractivity contribution in [1.82, 2.24) is 15.5 Å². The quantitative estimate of drug-likeness (QED) is 0.736. The number of likely N-dealkylation sites (tertiary alicyclic amines) is 1. The molecule has 2 aliphatic rings. The molecule has 2 heterocycles. The van der Waals surface area contributed by atoms with Crippen molar-refractivity contribution in [3.8, 4) is 0 Å². The second-order valence-corrected chi connectivity index (χ2v) is 7.06. The summed E-state index contributed by atoms with van der Waals surface area (Å²) in [7, 11) is 2.10. The van der Waals surface area contributed by atoms with E-state index in [0.29, 0.717) is 18.0 Å². The molecule has 0 aromatic heterocycles. The fraction of sp³-hybridized carbons (Fsp3) is 0.938. The predicted octanol–water partition coefficient (Wildman–Crippen LogP) is 0.988. The van der Waals surface area contributed by atoms with Gasteiger partial charge >= 0.3 is 0 Å². The summed E-state index contributed by atoms with van der Waals surface area (Å²) in [5.74, 6) is 0.817. The topological polar surface area (TPSA) is 53.6 Å². The van der Waals surface area contributed by atoms with Crippen LogP contribution >= 0.6 is 0 Å². The lowest BCUT2D eigenvalue weighted by molar-refractivity contribution is -0.126. The Morgan fingerprint density at radius 2 is 2.00 bits per heavy atom. The highest BCUT2D eigenvalue weighted by Crippen LogP contribution is 2.27. The average Bonchev–Trinajstić information content (AvgIpc) is 2.68. The Morgan fingerprint density at radius 1 is 1.29 bits per heavy atom. The molecule has 122 valence electrons. The van der Waals surface area contributed by atoms with Gasteiger partial charge in [-0.2, -0.15) is 0 Å². The smallest absolute Gasteiger partial charge is 0.237 e. The first-order chi connectivity index (χ1) is 9.97. The summed E-state index contributed by atoms with van der Waals surface area (Å²) in [6, 6.07) is 1.36. The predicted molar refractivity (Wildman–Crippen MR) is 84.2 cm³/mol. The highest BCUT2D eigenvalue weighted by Gasteiger charge is 2.35. The zero-order chi connectivity index (χ0) is 15.4. The second kappa shape index (κ2) is 7.56. The van der Waals surface area contributed by atoms with Crippen molar-refractivity contribution in [1.29, 1.82) is 0 Å². The number of carbonyl (C=O) groups is 1. The molecular weight excluding hydrogens is 266 g/mol. The third-order valence-electron chi connectivity index (χ3n) is 4.64. The fourth-order valence-corrected chi connectivity index (χ4v) is 3.26. The molecule has 0 radical (unpaired) electrons. The third-order valence-corrected chi connectivity index (χ3v) is 4.64. The molecule has 1 amide bonds. The van der Waals surface area contributed by atoms with Crippen LogP contribution in [0.2, 0.25) is 0 Å². The Labute approximate surface area is 128 Å². The average molecular weight is 297 g/mol. The fourth-order valence-electron chi connectivity index (χ4n) is 3.26. The van der Waals surface area contributed by atoms with E-state index in [2.05, 4.69) is 29.5 Å². The SMILES string of the molecule is CC(CNC1COC1)CC1CCC(C(=O)NC(C)C)N1C. The van der Waals surface area contributed by atoms with Crippen molar-refractivity contribution in [2.75, 3.05) is 26.8 Å². The Bertz CT molecular complexity index is 344. The highest BCUT2D eigenvalue weighted by atomic mass is 16.5. The number of carbonyl (C=O) groups excluding carboxylic acids is 1. The van der Waals surface area contributed by atoms with E-state index >= 15 is 0 Å². The number of rotatable bonds is 7. The van der Waals surface area contributed by atoms with Gasteiger partial charge in [0.2, 0.25) is 5.91 Å². The number of hydrogen-bond acceptors (Lipinski definition) is 4. The van der Waals surface area contributed by atoms with Crippen LogP contribution in [-0.4, -0.2) is 61.8 Å². The van der Waals surface area contributed by atoms with E-state index < -0.39 is 0 Å². The molecule has 0 bridgehead atoms. The van der Waals surface area contributed by atoms with Gasteiger partial charge in [-0.15, -0.1) is 0 Å². The van der Waals surface area contributed by atoms with Gasteiger partial charge in [0.25, 0.3) is 0 Å². The molecular formula is C16H31N3O2. The van der Waals surface area contributed by atoms with Gasteiger partial charge in [-0.25, -0.2) is 0 Å². The molecule has 0 aromatic rings. The number of nitrogens with one attached hydrogen (secondary N) is 2. The molecule has 3 atom stereocenters. The number of amides is 1. The van der Waals surface area contributed by atoms with Gasteiger partial charge in [-0.3, -0.25) is 9.69 Å². The first kappa shape index (κ1) is 16.7. The Balaban J connectivity index is 1.72. The van der Waals surface area contributed by atoms with Crippen molar-refractivity contribution in [2.24, 2.45) is 5.92 Å². The summed E-state index contributed by atoms with van der Waals surface area (Å²) in [4.78, 5) is 14.5. The van der Waals surface area contributed by atoms with Gasteiger partial charge < -0.3 is 15.4 Å². The van der Waals surface area contributed by atoms with Crippen LogP contribution < -0.4 is 10.6 Å². The molecule has 0 aliphatic carbocycles. The Kier molecular flexibility index (Phi) is 6.02. The molecule has 5 heteroatoms. The number of hydrogen-bond donors (Lipinski definition) is 2. The van der Waals surface area contributed by atoms with E-state index in [0.717, 1.165) is 39.0 Å². The maximum Gasteiger partial charge on any atom is 0.237 e. The first-order valence-corrected chi connectivity index (χ1v) is 8.30. The minimum absolute atomic E-state index is 0.0533. The van der Waals surface area contributed by atoms with Crippen LogP contribution in [0.1, 0.15) is 40.0 Å². The lowest BCUT2D eigenvalue weighted by Crippen LogP contribution is -2.48. The van der Waals surface area contributed by atoms with Crippen LogP contribution in [0.5, 0.6) is 0 Å².